The van der Waals surface area contributed by atoms with Crippen molar-refractivity contribution in [1.29, 1.82) is 0 Å². The molecule has 0 aliphatic rings. The lowest BCUT2D eigenvalue weighted by Crippen LogP contribution is -2.06. The minimum atomic E-state index is -0.0559. The van der Waals surface area contributed by atoms with Gasteiger partial charge in [0, 0.05) is 35.2 Å². The van der Waals surface area contributed by atoms with Gasteiger partial charge in [-0.3, -0.25) is 19.6 Å². The number of carbonyl (C=O) groups excluding carboxylic acids is 2. The molecule has 0 fully saturated rings. The summed E-state index contributed by atoms with van der Waals surface area (Å²) < 4.78 is 0. The van der Waals surface area contributed by atoms with Crippen molar-refractivity contribution in [3.05, 3.63) is 83.8 Å². The van der Waals surface area contributed by atoms with E-state index < -0.39 is 0 Å². The van der Waals surface area contributed by atoms with Crippen LogP contribution in [0.4, 0.5) is 0 Å². The van der Waals surface area contributed by atoms with Gasteiger partial charge in [0.25, 0.3) is 0 Å². The van der Waals surface area contributed by atoms with E-state index in [1.807, 2.05) is 48.5 Å². The van der Waals surface area contributed by atoms with Crippen LogP contribution in [0.2, 0.25) is 0 Å². The number of rotatable bonds is 4. The molecule has 126 valence electrons. The first-order chi connectivity index (χ1) is 12.6. The Labute approximate surface area is 150 Å². The van der Waals surface area contributed by atoms with Gasteiger partial charge < -0.3 is 0 Å². The Bertz CT molecular complexity index is 1170. The van der Waals surface area contributed by atoms with E-state index in [4.69, 9.17) is 0 Å². The maximum Gasteiger partial charge on any atom is 0.185 e. The zero-order valence-electron chi connectivity index (χ0n) is 14.3. The van der Waals surface area contributed by atoms with Crippen LogP contribution < -0.4 is 0 Å². The number of aromatic nitrogens is 2. The number of hydrogen-bond donors (Lipinski definition) is 0. The topological polar surface area (TPSA) is 59.9 Å². The standard InChI is InChI=1S/C22H16N2O2/c1-14(25)16-6-7-20-19(10-16)8-15(12-23-20)9-22(26)21-11-17-4-2-3-5-18(17)13-24-21/h2-8,10-13H,9H2,1H3. The molecule has 4 aromatic rings. The summed E-state index contributed by atoms with van der Waals surface area (Å²) in [7, 11) is 0. The number of carbonyl (C=O) groups is 2. The summed E-state index contributed by atoms with van der Waals surface area (Å²) in [5.74, 6) is -0.0478. The number of benzene rings is 2. The quantitative estimate of drug-likeness (QED) is 0.516. The highest BCUT2D eigenvalue weighted by atomic mass is 16.1. The normalized spacial score (nSPS) is 11.0. The number of fused-ring (bicyclic) bond motifs is 2. The predicted octanol–water partition coefficient (Wildman–Crippen LogP) is 4.41. The summed E-state index contributed by atoms with van der Waals surface area (Å²) in [5, 5.41) is 2.86. The van der Waals surface area contributed by atoms with Crippen LogP contribution in [0, 0.1) is 0 Å². The number of Topliss-reactive ketones (excluding diaryl/α,β-unsaturated/α-hetero) is 2. The van der Waals surface area contributed by atoms with Gasteiger partial charge >= 0.3 is 0 Å². The first-order valence-electron chi connectivity index (χ1n) is 8.38. The Morgan fingerprint density at radius 1 is 0.846 bits per heavy atom. The van der Waals surface area contributed by atoms with E-state index in [1.54, 1.807) is 18.5 Å². The molecule has 2 aromatic carbocycles. The monoisotopic (exact) mass is 340 g/mol. The van der Waals surface area contributed by atoms with Crippen molar-refractivity contribution >= 4 is 33.2 Å². The van der Waals surface area contributed by atoms with Crippen LogP contribution in [-0.4, -0.2) is 21.5 Å². The first-order valence-corrected chi connectivity index (χ1v) is 8.38. The SMILES string of the molecule is CC(=O)c1ccc2ncc(CC(=O)c3cc4ccccc4cn3)cc2c1. The molecule has 0 spiro atoms. The summed E-state index contributed by atoms with van der Waals surface area (Å²) >= 11 is 0. The van der Waals surface area contributed by atoms with E-state index in [0.29, 0.717) is 11.3 Å². The van der Waals surface area contributed by atoms with Gasteiger partial charge in [-0.25, -0.2) is 0 Å². The first kappa shape index (κ1) is 16.1. The molecule has 0 saturated carbocycles. The zero-order valence-corrected chi connectivity index (χ0v) is 14.3. The van der Waals surface area contributed by atoms with Gasteiger partial charge in [-0.1, -0.05) is 24.3 Å². The van der Waals surface area contributed by atoms with Crippen LogP contribution >= 0.6 is 0 Å². The molecular weight excluding hydrogens is 324 g/mol. The molecule has 4 nitrogen and oxygen atoms in total. The molecule has 4 heteroatoms. The molecule has 0 aliphatic carbocycles. The predicted molar refractivity (Wildman–Crippen MR) is 102 cm³/mol. The summed E-state index contributed by atoms with van der Waals surface area (Å²) in [4.78, 5) is 32.9. The van der Waals surface area contributed by atoms with Gasteiger partial charge in [0.2, 0.25) is 0 Å². The van der Waals surface area contributed by atoms with Gasteiger partial charge in [0.1, 0.15) is 5.69 Å². The average molecular weight is 340 g/mol. The van der Waals surface area contributed by atoms with Crippen LogP contribution in [-0.2, 0) is 6.42 Å². The molecule has 2 aromatic heterocycles. The van der Waals surface area contributed by atoms with E-state index in [-0.39, 0.29) is 18.0 Å². The van der Waals surface area contributed by atoms with Crippen molar-refractivity contribution in [3.8, 4) is 0 Å². The molecule has 2 heterocycles. The second-order valence-electron chi connectivity index (χ2n) is 6.32. The third-order valence-corrected chi connectivity index (χ3v) is 4.43. The van der Waals surface area contributed by atoms with Crippen molar-refractivity contribution in [1.82, 2.24) is 9.97 Å². The van der Waals surface area contributed by atoms with Gasteiger partial charge in [0.05, 0.1) is 5.52 Å². The van der Waals surface area contributed by atoms with Crippen molar-refractivity contribution in [2.45, 2.75) is 13.3 Å². The highest BCUT2D eigenvalue weighted by molar-refractivity contribution is 6.00. The molecule has 0 unspecified atom stereocenters. The van der Waals surface area contributed by atoms with Crippen molar-refractivity contribution in [3.63, 3.8) is 0 Å². The average Bonchev–Trinajstić information content (AvgIpc) is 2.67. The van der Waals surface area contributed by atoms with Crippen molar-refractivity contribution in [2.24, 2.45) is 0 Å². The van der Waals surface area contributed by atoms with E-state index in [9.17, 15) is 9.59 Å². The molecule has 0 saturated heterocycles. The molecule has 0 aliphatic heterocycles. The van der Waals surface area contributed by atoms with Gasteiger partial charge in [-0.05, 0) is 48.2 Å². The summed E-state index contributed by atoms with van der Waals surface area (Å²) in [5.41, 5.74) is 2.69. The lowest BCUT2D eigenvalue weighted by Gasteiger charge is -2.05. The Hall–Kier alpha value is -3.40. The minimum absolute atomic E-state index is 0.00810. The number of hydrogen-bond acceptors (Lipinski definition) is 4. The van der Waals surface area contributed by atoms with E-state index in [1.165, 1.54) is 6.92 Å². The Balaban J connectivity index is 1.64. The second-order valence-corrected chi connectivity index (χ2v) is 6.32. The third-order valence-electron chi connectivity index (χ3n) is 4.43. The maximum atomic E-state index is 12.6. The molecule has 4 rings (SSSR count). The number of ketones is 2. The molecule has 0 amide bonds. The highest BCUT2D eigenvalue weighted by Crippen LogP contribution is 2.18. The van der Waals surface area contributed by atoms with Crippen molar-refractivity contribution < 1.29 is 9.59 Å². The fourth-order valence-electron chi connectivity index (χ4n) is 3.00. The van der Waals surface area contributed by atoms with E-state index in [2.05, 4.69) is 9.97 Å². The van der Waals surface area contributed by atoms with Gasteiger partial charge in [0.15, 0.2) is 11.6 Å². The van der Waals surface area contributed by atoms with Crippen LogP contribution in [0.3, 0.4) is 0 Å². The van der Waals surface area contributed by atoms with Gasteiger partial charge in [-0.15, -0.1) is 0 Å². The number of pyridine rings is 2. The highest BCUT2D eigenvalue weighted by Gasteiger charge is 2.11. The van der Waals surface area contributed by atoms with Gasteiger partial charge in [-0.2, -0.15) is 0 Å². The molecule has 0 radical (unpaired) electrons. The maximum absolute atomic E-state index is 12.6. The molecule has 0 atom stereocenters. The Kier molecular flexibility index (Phi) is 4.01. The zero-order chi connectivity index (χ0) is 18.1. The lowest BCUT2D eigenvalue weighted by molar-refractivity contribution is 0.0986. The lowest BCUT2D eigenvalue weighted by atomic mass is 10.0. The summed E-state index contributed by atoms with van der Waals surface area (Å²) in [6, 6.07) is 17.0. The summed E-state index contributed by atoms with van der Waals surface area (Å²) in [6.07, 6.45) is 3.65. The largest absolute Gasteiger partial charge is 0.295 e. The van der Waals surface area contributed by atoms with Crippen LogP contribution in [0.25, 0.3) is 21.7 Å². The van der Waals surface area contributed by atoms with Crippen LogP contribution in [0.5, 0.6) is 0 Å². The number of nitrogens with zero attached hydrogens (tertiary/aromatic N) is 2. The van der Waals surface area contributed by atoms with Crippen molar-refractivity contribution in [2.75, 3.05) is 0 Å². The smallest absolute Gasteiger partial charge is 0.185 e. The third kappa shape index (κ3) is 3.09. The van der Waals surface area contributed by atoms with Crippen LogP contribution in [0.15, 0.2) is 67.0 Å². The second kappa shape index (κ2) is 6.48. The Morgan fingerprint density at radius 3 is 2.46 bits per heavy atom. The minimum Gasteiger partial charge on any atom is -0.295 e. The molecular formula is C22H16N2O2. The Morgan fingerprint density at radius 2 is 1.65 bits per heavy atom. The van der Waals surface area contributed by atoms with E-state index in [0.717, 1.165) is 27.2 Å². The molecule has 0 bridgehead atoms. The summed E-state index contributed by atoms with van der Waals surface area (Å²) in [6.45, 7) is 1.54. The fourth-order valence-corrected chi connectivity index (χ4v) is 3.00. The van der Waals surface area contributed by atoms with E-state index >= 15 is 0 Å². The van der Waals surface area contributed by atoms with Crippen LogP contribution in [0.1, 0.15) is 33.3 Å². The molecule has 26 heavy (non-hydrogen) atoms. The fraction of sp³-hybridized carbons (Fsp3) is 0.0909. The molecule has 0 N–H and O–H groups in total.